The van der Waals surface area contributed by atoms with Gasteiger partial charge >= 0.3 is 15.2 Å². The molecule has 0 aromatic heterocycles. The molecular weight excluding hydrogens is 269 g/mol. The highest BCUT2D eigenvalue weighted by Crippen LogP contribution is 2.24. The standard InChI is InChI=1S/C10H21F3O4Si/c1-5-8-18(14-6-2,15-7-3)17-9(4)16-10(11,12)13/h9H,5-8H2,1-4H3. The lowest BCUT2D eigenvalue weighted by Crippen LogP contribution is -2.49. The first-order chi connectivity index (χ1) is 8.28. The Balaban J connectivity index is 4.63. The molecule has 0 N–H and O–H groups in total. The quantitative estimate of drug-likeness (QED) is 0.482. The molecule has 0 rings (SSSR count). The van der Waals surface area contributed by atoms with Crippen molar-refractivity contribution in [3.8, 4) is 0 Å². The summed E-state index contributed by atoms with van der Waals surface area (Å²) in [7, 11) is -3.08. The van der Waals surface area contributed by atoms with Gasteiger partial charge in [0, 0.05) is 19.3 Å². The van der Waals surface area contributed by atoms with Crippen LogP contribution in [0.15, 0.2) is 0 Å². The predicted octanol–water partition coefficient (Wildman–Crippen LogP) is 3.31. The Morgan fingerprint density at radius 2 is 1.56 bits per heavy atom. The van der Waals surface area contributed by atoms with Gasteiger partial charge in [0.25, 0.3) is 0 Å². The fourth-order valence-corrected chi connectivity index (χ4v) is 4.20. The molecule has 18 heavy (non-hydrogen) atoms. The molecule has 0 radical (unpaired) electrons. The maximum atomic E-state index is 12.1. The molecule has 0 saturated heterocycles. The first-order valence-electron chi connectivity index (χ1n) is 5.98. The fraction of sp³-hybridized carbons (Fsp3) is 1.00. The van der Waals surface area contributed by atoms with Gasteiger partial charge in [0.05, 0.1) is 0 Å². The van der Waals surface area contributed by atoms with Gasteiger partial charge in [0.15, 0.2) is 6.29 Å². The Bertz CT molecular complexity index is 209. The minimum atomic E-state index is -4.73. The van der Waals surface area contributed by atoms with Gasteiger partial charge in [-0.1, -0.05) is 13.3 Å². The highest BCUT2D eigenvalue weighted by atomic mass is 28.4. The normalized spacial score (nSPS) is 14.8. The summed E-state index contributed by atoms with van der Waals surface area (Å²) in [5.74, 6) is 0. The second-order valence-electron chi connectivity index (χ2n) is 3.55. The highest BCUT2D eigenvalue weighted by Gasteiger charge is 2.44. The van der Waals surface area contributed by atoms with Crippen LogP contribution in [0.5, 0.6) is 0 Å². The van der Waals surface area contributed by atoms with E-state index in [2.05, 4.69) is 4.74 Å². The first-order valence-corrected chi connectivity index (χ1v) is 7.92. The molecule has 1 unspecified atom stereocenters. The molecule has 0 aliphatic carbocycles. The van der Waals surface area contributed by atoms with Gasteiger partial charge in [-0.15, -0.1) is 13.2 Å². The molecule has 1 atom stereocenters. The van der Waals surface area contributed by atoms with E-state index in [1.54, 1.807) is 13.8 Å². The molecule has 0 heterocycles. The van der Waals surface area contributed by atoms with Gasteiger partial charge in [0.2, 0.25) is 0 Å². The number of hydrogen-bond acceptors (Lipinski definition) is 4. The van der Waals surface area contributed by atoms with Gasteiger partial charge in [-0.2, -0.15) is 0 Å². The van der Waals surface area contributed by atoms with Gasteiger partial charge in [-0.05, 0) is 20.8 Å². The van der Waals surface area contributed by atoms with Crippen molar-refractivity contribution in [2.24, 2.45) is 0 Å². The van der Waals surface area contributed by atoms with E-state index in [1.165, 1.54) is 6.92 Å². The van der Waals surface area contributed by atoms with Crippen LogP contribution in [0.4, 0.5) is 13.2 Å². The van der Waals surface area contributed by atoms with Crippen LogP contribution in [0.2, 0.25) is 6.04 Å². The fourth-order valence-electron chi connectivity index (χ4n) is 1.52. The van der Waals surface area contributed by atoms with E-state index in [0.29, 0.717) is 25.7 Å². The molecule has 0 aromatic rings. The van der Waals surface area contributed by atoms with Crippen LogP contribution >= 0.6 is 0 Å². The van der Waals surface area contributed by atoms with Crippen molar-refractivity contribution in [1.29, 1.82) is 0 Å². The molecule has 110 valence electrons. The molecule has 0 bridgehead atoms. The summed E-state index contributed by atoms with van der Waals surface area (Å²) in [4.78, 5) is 0. The molecule has 0 aliphatic rings. The Hall–Kier alpha value is -0.153. The van der Waals surface area contributed by atoms with Crippen molar-refractivity contribution in [3.63, 3.8) is 0 Å². The van der Waals surface area contributed by atoms with E-state index in [1.807, 2.05) is 6.92 Å². The molecule has 0 fully saturated rings. The van der Waals surface area contributed by atoms with Crippen LogP contribution in [0.1, 0.15) is 34.1 Å². The van der Waals surface area contributed by atoms with Crippen molar-refractivity contribution in [1.82, 2.24) is 0 Å². The van der Waals surface area contributed by atoms with Gasteiger partial charge in [-0.3, -0.25) is 4.74 Å². The van der Waals surface area contributed by atoms with Crippen LogP contribution < -0.4 is 0 Å². The van der Waals surface area contributed by atoms with Crippen LogP contribution in [0.25, 0.3) is 0 Å². The van der Waals surface area contributed by atoms with E-state index >= 15 is 0 Å². The monoisotopic (exact) mass is 290 g/mol. The van der Waals surface area contributed by atoms with Crippen LogP contribution in [-0.4, -0.2) is 34.7 Å². The smallest absolute Gasteiger partial charge is 0.374 e. The Morgan fingerprint density at radius 3 is 1.89 bits per heavy atom. The summed E-state index contributed by atoms with van der Waals surface area (Å²) < 4.78 is 56.2. The summed E-state index contributed by atoms with van der Waals surface area (Å²) >= 11 is 0. The maximum Gasteiger partial charge on any atom is 0.524 e. The molecule has 4 nitrogen and oxygen atoms in total. The SMILES string of the molecule is CCC[Si](OCC)(OCC)OC(C)OC(F)(F)F. The minimum Gasteiger partial charge on any atom is -0.374 e. The van der Waals surface area contributed by atoms with Gasteiger partial charge < -0.3 is 13.3 Å². The summed E-state index contributed by atoms with van der Waals surface area (Å²) in [6.45, 7) is 7.21. The predicted molar refractivity (Wildman–Crippen MR) is 61.8 cm³/mol. The third kappa shape index (κ3) is 7.32. The van der Waals surface area contributed by atoms with Crippen molar-refractivity contribution in [2.75, 3.05) is 13.2 Å². The third-order valence-electron chi connectivity index (χ3n) is 1.93. The molecule has 0 aliphatic heterocycles. The topological polar surface area (TPSA) is 36.9 Å². The Labute approximate surface area is 107 Å². The molecule has 0 aromatic carbocycles. The van der Waals surface area contributed by atoms with Crippen LogP contribution in [0.3, 0.4) is 0 Å². The van der Waals surface area contributed by atoms with Crippen molar-refractivity contribution in [3.05, 3.63) is 0 Å². The maximum absolute atomic E-state index is 12.1. The summed E-state index contributed by atoms with van der Waals surface area (Å²) in [6.07, 6.45) is -5.48. The lowest BCUT2D eigenvalue weighted by molar-refractivity contribution is -0.368. The molecule has 8 heteroatoms. The second kappa shape index (κ2) is 8.11. The van der Waals surface area contributed by atoms with Gasteiger partial charge in [-0.25, -0.2) is 0 Å². The van der Waals surface area contributed by atoms with E-state index in [0.717, 1.165) is 0 Å². The minimum absolute atomic E-state index is 0.324. The Kier molecular flexibility index (Phi) is 8.04. The van der Waals surface area contributed by atoms with Crippen LogP contribution in [-0.2, 0) is 18.0 Å². The average Bonchev–Trinajstić information content (AvgIpc) is 2.15. The molecule has 0 amide bonds. The summed E-state index contributed by atoms with van der Waals surface area (Å²) in [5.41, 5.74) is 0. The summed E-state index contributed by atoms with van der Waals surface area (Å²) in [6, 6.07) is 0.459. The number of hydrogen-bond donors (Lipinski definition) is 0. The molecule has 0 spiro atoms. The zero-order valence-corrected chi connectivity index (χ0v) is 12.2. The van der Waals surface area contributed by atoms with Crippen molar-refractivity contribution in [2.45, 2.75) is 52.8 Å². The zero-order valence-electron chi connectivity index (χ0n) is 11.2. The highest BCUT2D eigenvalue weighted by molar-refractivity contribution is 6.60. The number of rotatable bonds is 9. The lowest BCUT2D eigenvalue weighted by atomic mass is 10.6. The Morgan fingerprint density at radius 1 is 1.06 bits per heavy atom. The van der Waals surface area contributed by atoms with E-state index < -0.39 is 21.5 Å². The zero-order chi connectivity index (χ0) is 14.2. The largest absolute Gasteiger partial charge is 0.524 e. The third-order valence-corrected chi connectivity index (χ3v) is 5.19. The average molecular weight is 290 g/mol. The number of alkyl halides is 3. The second-order valence-corrected chi connectivity index (χ2v) is 6.23. The number of halogens is 3. The summed E-state index contributed by atoms with van der Waals surface area (Å²) in [5, 5.41) is 0. The van der Waals surface area contributed by atoms with E-state index in [-0.39, 0.29) is 0 Å². The van der Waals surface area contributed by atoms with E-state index in [4.69, 9.17) is 13.3 Å². The first kappa shape index (κ1) is 17.8. The molecular formula is C10H21F3O4Si. The lowest BCUT2D eigenvalue weighted by Gasteiger charge is -2.31. The van der Waals surface area contributed by atoms with Crippen molar-refractivity contribution >= 4 is 8.80 Å². The molecule has 0 saturated carbocycles. The van der Waals surface area contributed by atoms with E-state index in [9.17, 15) is 13.2 Å². The van der Waals surface area contributed by atoms with Crippen LogP contribution in [0, 0.1) is 0 Å². The number of ether oxygens (including phenoxy) is 1. The van der Waals surface area contributed by atoms with Gasteiger partial charge in [0.1, 0.15) is 0 Å². The van der Waals surface area contributed by atoms with Crippen molar-refractivity contribution < 1.29 is 31.2 Å².